The summed E-state index contributed by atoms with van der Waals surface area (Å²) in [5.74, 6) is 1.00. The molecule has 5 rings (SSSR count). The normalized spacial score (nSPS) is 46.2. The summed E-state index contributed by atoms with van der Waals surface area (Å²) in [6.07, 6.45) is 6.46. The summed E-state index contributed by atoms with van der Waals surface area (Å²) >= 11 is 0. The molecule has 1 aliphatic heterocycles. The zero-order valence-electron chi connectivity index (χ0n) is 12.9. The van der Waals surface area contributed by atoms with Crippen molar-refractivity contribution in [2.75, 3.05) is 19.8 Å². The Bertz CT molecular complexity index is 434. The van der Waals surface area contributed by atoms with Crippen LogP contribution in [0, 0.1) is 22.7 Å². The van der Waals surface area contributed by atoms with E-state index in [-0.39, 0.29) is 11.4 Å². The third-order valence-corrected chi connectivity index (χ3v) is 6.54. The van der Waals surface area contributed by atoms with Gasteiger partial charge in [-0.05, 0) is 56.8 Å². The predicted molar refractivity (Wildman–Crippen MR) is 76.6 cm³/mol. The van der Waals surface area contributed by atoms with Crippen molar-refractivity contribution in [3.8, 4) is 0 Å². The lowest BCUT2D eigenvalue weighted by Crippen LogP contribution is -2.59. The Labute approximate surface area is 126 Å². The Morgan fingerprint density at radius 3 is 2.38 bits per heavy atom. The number of hydrogen-bond acceptors (Lipinski definition) is 4. The Morgan fingerprint density at radius 1 is 1.24 bits per heavy atom. The van der Waals surface area contributed by atoms with Crippen molar-refractivity contribution in [3.63, 3.8) is 0 Å². The van der Waals surface area contributed by atoms with Crippen molar-refractivity contribution in [1.82, 2.24) is 0 Å². The molecule has 0 spiro atoms. The summed E-state index contributed by atoms with van der Waals surface area (Å²) in [5.41, 5.74) is -0.932. The number of rotatable bonds is 4. The average molecular weight is 294 g/mol. The predicted octanol–water partition coefficient (Wildman–Crippen LogP) is 2.29. The summed E-state index contributed by atoms with van der Waals surface area (Å²) in [7, 11) is 0. The Kier molecular flexibility index (Phi) is 2.97. The zero-order chi connectivity index (χ0) is 14.7. The van der Waals surface area contributed by atoms with Crippen molar-refractivity contribution in [2.45, 2.75) is 57.5 Å². The molecule has 4 saturated carbocycles. The first-order valence-electron chi connectivity index (χ1n) is 8.44. The van der Waals surface area contributed by atoms with Crippen LogP contribution in [0.25, 0.3) is 0 Å². The lowest BCUT2D eigenvalue weighted by molar-refractivity contribution is -0.207. The largest absolute Gasteiger partial charge is 0.464 e. The number of ether oxygens (including phenoxy) is 2. The smallest absolute Gasteiger partial charge is 0.312 e. The first kappa shape index (κ1) is 14.0. The van der Waals surface area contributed by atoms with Gasteiger partial charge in [-0.25, -0.2) is 0 Å². The molecular formula is C17H26O4. The van der Waals surface area contributed by atoms with E-state index in [0.29, 0.717) is 38.1 Å². The van der Waals surface area contributed by atoms with E-state index in [2.05, 4.69) is 6.92 Å². The quantitative estimate of drug-likeness (QED) is 0.808. The van der Waals surface area contributed by atoms with E-state index in [0.717, 1.165) is 32.1 Å². The second-order valence-electron chi connectivity index (χ2n) is 8.39. The van der Waals surface area contributed by atoms with Gasteiger partial charge in [0.2, 0.25) is 0 Å². The monoisotopic (exact) mass is 294 g/mol. The van der Waals surface area contributed by atoms with Gasteiger partial charge in [-0.1, -0.05) is 6.92 Å². The SMILES string of the molecule is CCC1(COC(=O)C23CC4CC(CC(O)(C4)C2)C3)COC1. The first-order valence-corrected chi connectivity index (χ1v) is 8.44. The van der Waals surface area contributed by atoms with Gasteiger partial charge in [-0.2, -0.15) is 0 Å². The molecule has 0 aromatic rings. The molecule has 5 fully saturated rings. The molecule has 5 aliphatic rings. The molecule has 2 atom stereocenters. The van der Waals surface area contributed by atoms with Crippen molar-refractivity contribution in [2.24, 2.45) is 22.7 Å². The second kappa shape index (κ2) is 4.45. The third kappa shape index (κ3) is 2.14. The molecule has 0 aromatic carbocycles. The molecule has 4 nitrogen and oxygen atoms in total. The van der Waals surface area contributed by atoms with Crippen LogP contribution in [-0.4, -0.2) is 36.5 Å². The van der Waals surface area contributed by atoms with Crippen LogP contribution in [0.4, 0.5) is 0 Å². The standard InChI is InChI=1S/C17H26O4/c1-2-15(9-20-10-15)11-21-14(18)16-4-12-3-13(5-16)7-17(19,6-12)8-16/h12-13,19H,2-11H2,1H3. The fourth-order valence-electron chi connectivity index (χ4n) is 5.60. The van der Waals surface area contributed by atoms with E-state index in [4.69, 9.17) is 9.47 Å². The van der Waals surface area contributed by atoms with E-state index in [1.165, 1.54) is 6.42 Å². The van der Waals surface area contributed by atoms with Gasteiger partial charge < -0.3 is 14.6 Å². The summed E-state index contributed by atoms with van der Waals surface area (Å²) in [6.45, 7) is 4.03. The molecule has 4 bridgehead atoms. The minimum atomic E-state index is -0.592. The van der Waals surface area contributed by atoms with Gasteiger partial charge >= 0.3 is 5.97 Å². The number of esters is 1. The van der Waals surface area contributed by atoms with E-state index < -0.39 is 11.0 Å². The van der Waals surface area contributed by atoms with Crippen LogP contribution in [0.1, 0.15) is 51.9 Å². The summed E-state index contributed by atoms with van der Waals surface area (Å²) < 4.78 is 11.0. The summed E-state index contributed by atoms with van der Waals surface area (Å²) in [4.78, 5) is 12.8. The van der Waals surface area contributed by atoms with Crippen LogP contribution in [0.3, 0.4) is 0 Å². The highest BCUT2D eigenvalue weighted by atomic mass is 16.5. The molecule has 4 aliphatic carbocycles. The van der Waals surface area contributed by atoms with Gasteiger partial charge in [0, 0.05) is 0 Å². The molecule has 1 heterocycles. The second-order valence-corrected chi connectivity index (χ2v) is 8.39. The zero-order valence-corrected chi connectivity index (χ0v) is 12.9. The molecule has 21 heavy (non-hydrogen) atoms. The number of carbonyl (C=O) groups is 1. The van der Waals surface area contributed by atoms with E-state index in [1.54, 1.807) is 0 Å². The maximum Gasteiger partial charge on any atom is 0.312 e. The maximum atomic E-state index is 12.8. The average Bonchev–Trinajstić information content (AvgIpc) is 2.34. The highest BCUT2D eigenvalue weighted by molar-refractivity contribution is 5.77. The van der Waals surface area contributed by atoms with Gasteiger partial charge in [0.25, 0.3) is 0 Å². The van der Waals surface area contributed by atoms with E-state index in [9.17, 15) is 9.90 Å². The van der Waals surface area contributed by atoms with Crippen LogP contribution in [0.5, 0.6) is 0 Å². The van der Waals surface area contributed by atoms with Gasteiger partial charge in [0.15, 0.2) is 0 Å². The highest BCUT2D eigenvalue weighted by Gasteiger charge is 2.61. The van der Waals surface area contributed by atoms with Crippen molar-refractivity contribution in [3.05, 3.63) is 0 Å². The third-order valence-electron chi connectivity index (χ3n) is 6.54. The lowest BCUT2D eigenvalue weighted by Gasteiger charge is -2.58. The van der Waals surface area contributed by atoms with Crippen LogP contribution in [0.2, 0.25) is 0 Å². The van der Waals surface area contributed by atoms with Crippen molar-refractivity contribution < 1.29 is 19.4 Å². The number of hydrogen-bond donors (Lipinski definition) is 1. The van der Waals surface area contributed by atoms with Crippen LogP contribution in [-0.2, 0) is 14.3 Å². The van der Waals surface area contributed by atoms with Crippen LogP contribution < -0.4 is 0 Å². The lowest BCUT2D eigenvalue weighted by atomic mass is 9.48. The molecule has 0 radical (unpaired) electrons. The fraction of sp³-hybridized carbons (Fsp3) is 0.941. The van der Waals surface area contributed by atoms with E-state index >= 15 is 0 Å². The molecule has 118 valence electrons. The minimum Gasteiger partial charge on any atom is -0.464 e. The topological polar surface area (TPSA) is 55.8 Å². The van der Waals surface area contributed by atoms with Crippen molar-refractivity contribution in [1.29, 1.82) is 0 Å². The first-order chi connectivity index (χ1) is 9.97. The van der Waals surface area contributed by atoms with Gasteiger partial charge in [-0.15, -0.1) is 0 Å². The molecule has 2 unspecified atom stereocenters. The molecule has 1 saturated heterocycles. The van der Waals surface area contributed by atoms with Crippen molar-refractivity contribution >= 4 is 5.97 Å². The molecule has 0 amide bonds. The van der Waals surface area contributed by atoms with Crippen LogP contribution >= 0.6 is 0 Å². The summed E-state index contributed by atoms with van der Waals surface area (Å²) in [6, 6.07) is 0. The fourth-order valence-corrected chi connectivity index (χ4v) is 5.60. The van der Waals surface area contributed by atoms with Gasteiger partial charge in [0.05, 0.1) is 29.6 Å². The molecule has 1 N–H and O–H groups in total. The highest BCUT2D eigenvalue weighted by Crippen LogP contribution is 2.62. The number of aliphatic hydroxyl groups is 1. The van der Waals surface area contributed by atoms with Crippen LogP contribution in [0.15, 0.2) is 0 Å². The molecule has 0 aromatic heterocycles. The van der Waals surface area contributed by atoms with Gasteiger partial charge in [-0.3, -0.25) is 4.79 Å². The summed E-state index contributed by atoms with van der Waals surface area (Å²) in [5, 5.41) is 10.7. The Hall–Kier alpha value is -0.610. The number of carbonyl (C=O) groups excluding carboxylic acids is 1. The Balaban J connectivity index is 1.46. The molecular weight excluding hydrogens is 268 g/mol. The minimum absolute atomic E-state index is 0.0465. The van der Waals surface area contributed by atoms with E-state index in [1.807, 2.05) is 0 Å². The maximum absolute atomic E-state index is 12.8. The van der Waals surface area contributed by atoms with Gasteiger partial charge in [0.1, 0.15) is 6.61 Å². The molecule has 4 heteroatoms. The Morgan fingerprint density at radius 2 is 1.90 bits per heavy atom.